The predicted molar refractivity (Wildman–Crippen MR) is 46.1 cm³/mol. The molecule has 0 amide bonds. The minimum atomic E-state index is 0.554. The van der Waals surface area contributed by atoms with E-state index in [1.54, 1.807) is 16.9 Å². The molecule has 0 radical (unpaired) electrons. The molecule has 13 heavy (non-hydrogen) atoms. The largest absolute Gasteiger partial charge is 0.367 e. The molecule has 0 fully saturated rings. The number of nitrogens with one attached hydrogen (secondary N) is 1. The van der Waals surface area contributed by atoms with E-state index in [9.17, 15) is 0 Å². The molecular formula is C6H9N7. The van der Waals surface area contributed by atoms with E-state index in [4.69, 9.17) is 5.73 Å². The molecular weight excluding hydrogens is 170 g/mol. The molecule has 0 atom stereocenters. The van der Waals surface area contributed by atoms with Crippen molar-refractivity contribution >= 4 is 11.5 Å². The summed E-state index contributed by atoms with van der Waals surface area (Å²) in [6.45, 7) is 1.22. The molecule has 2 rings (SSSR count). The number of tetrazole rings is 1. The lowest BCUT2D eigenvalue weighted by Gasteiger charge is -2.03. The number of nitrogens with zero attached hydrogens (tertiary/aromatic N) is 5. The van der Waals surface area contributed by atoms with Crippen molar-refractivity contribution in [2.75, 3.05) is 18.4 Å². The summed E-state index contributed by atoms with van der Waals surface area (Å²) >= 11 is 0. The number of fused-ring (bicyclic) bond motifs is 1. The maximum atomic E-state index is 5.35. The molecule has 0 saturated heterocycles. The van der Waals surface area contributed by atoms with Crippen LogP contribution in [0.15, 0.2) is 12.4 Å². The van der Waals surface area contributed by atoms with Crippen LogP contribution in [-0.2, 0) is 0 Å². The highest BCUT2D eigenvalue weighted by Crippen LogP contribution is 2.04. The Labute approximate surface area is 74.0 Å². The number of anilines is 1. The molecule has 0 bridgehead atoms. The third-order valence-electron chi connectivity index (χ3n) is 1.56. The minimum absolute atomic E-state index is 0.554. The average Bonchev–Trinajstić information content (AvgIpc) is 2.62. The van der Waals surface area contributed by atoms with Crippen molar-refractivity contribution in [1.82, 2.24) is 25.0 Å². The van der Waals surface area contributed by atoms with Crippen LogP contribution >= 0.6 is 0 Å². The van der Waals surface area contributed by atoms with Gasteiger partial charge in [0.05, 0.1) is 12.4 Å². The maximum absolute atomic E-state index is 5.35. The Hall–Kier alpha value is -1.76. The fraction of sp³-hybridized carbons (Fsp3) is 0.333. The number of hydrogen-bond donors (Lipinski definition) is 2. The van der Waals surface area contributed by atoms with E-state index < -0.39 is 0 Å². The summed E-state index contributed by atoms with van der Waals surface area (Å²) < 4.78 is 1.57. The monoisotopic (exact) mass is 179 g/mol. The Morgan fingerprint density at radius 2 is 2.38 bits per heavy atom. The first-order valence-corrected chi connectivity index (χ1v) is 3.88. The molecule has 0 aliphatic carbocycles. The van der Waals surface area contributed by atoms with Crippen LogP contribution in [0, 0.1) is 0 Å². The third kappa shape index (κ3) is 1.41. The number of nitrogens with two attached hydrogens (primary N) is 1. The molecule has 7 nitrogen and oxygen atoms in total. The highest BCUT2D eigenvalue weighted by molar-refractivity contribution is 5.43. The molecule has 0 spiro atoms. The smallest absolute Gasteiger partial charge is 0.199 e. The summed E-state index contributed by atoms with van der Waals surface area (Å²) in [5.41, 5.74) is 5.96. The lowest BCUT2D eigenvalue weighted by molar-refractivity contribution is 0.818. The molecule has 2 aromatic heterocycles. The van der Waals surface area contributed by atoms with Crippen molar-refractivity contribution < 1.29 is 0 Å². The molecule has 0 aliphatic rings. The van der Waals surface area contributed by atoms with Crippen molar-refractivity contribution in [1.29, 1.82) is 0 Å². The Kier molecular flexibility index (Phi) is 2.01. The predicted octanol–water partition coefficient (Wildman–Crippen LogP) is -1.11. The van der Waals surface area contributed by atoms with E-state index in [1.165, 1.54) is 0 Å². The molecule has 0 unspecified atom stereocenters. The first-order valence-electron chi connectivity index (χ1n) is 3.88. The second-order valence-corrected chi connectivity index (χ2v) is 2.46. The Morgan fingerprint density at radius 3 is 3.23 bits per heavy atom. The van der Waals surface area contributed by atoms with Crippen molar-refractivity contribution in [3.63, 3.8) is 0 Å². The molecule has 7 heteroatoms. The van der Waals surface area contributed by atoms with Crippen molar-refractivity contribution in [2.24, 2.45) is 5.73 Å². The van der Waals surface area contributed by atoms with Gasteiger partial charge in [0.25, 0.3) is 0 Å². The summed E-state index contributed by atoms with van der Waals surface area (Å²) in [6.07, 6.45) is 3.24. The Bertz CT molecular complexity index is 395. The van der Waals surface area contributed by atoms with Gasteiger partial charge in [0.1, 0.15) is 5.82 Å². The van der Waals surface area contributed by atoms with E-state index in [0.717, 1.165) is 5.82 Å². The van der Waals surface area contributed by atoms with Crippen LogP contribution in [0.4, 0.5) is 5.82 Å². The number of rotatable bonds is 3. The van der Waals surface area contributed by atoms with E-state index in [-0.39, 0.29) is 0 Å². The molecule has 68 valence electrons. The topological polar surface area (TPSA) is 94.0 Å². The second kappa shape index (κ2) is 3.31. The second-order valence-electron chi connectivity index (χ2n) is 2.46. The zero-order chi connectivity index (χ0) is 9.10. The quantitative estimate of drug-likeness (QED) is 0.620. The summed E-state index contributed by atoms with van der Waals surface area (Å²) in [7, 11) is 0. The van der Waals surface area contributed by atoms with Crippen molar-refractivity contribution in [3.8, 4) is 0 Å². The van der Waals surface area contributed by atoms with E-state index in [2.05, 4.69) is 25.8 Å². The highest BCUT2D eigenvalue weighted by atomic mass is 15.5. The minimum Gasteiger partial charge on any atom is -0.367 e. The van der Waals surface area contributed by atoms with E-state index in [1.807, 2.05) is 0 Å². The van der Waals surface area contributed by atoms with Gasteiger partial charge in [-0.1, -0.05) is 0 Å². The van der Waals surface area contributed by atoms with Crippen molar-refractivity contribution in [3.05, 3.63) is 12.4 Å². The number of aromatic nitrogens is 5. The van der Waals surface area contributed by atoms with Crippen LogP contribution in [0.2, 0.25) is 0 Å². The van der Waals surface area contributed by atoms with Gasteiger partial charge in [0, 0.05) is 13.1 Å². The highest BCUT2D eigenvalue weighted by Gasteiger charge is 2.01. The van der Waals surface area contributed by atoms with Gasteiger partial charge in [-0.25, -0.2) is 0 Å². The SMILES string of the molecule is NCCNc1cncc2nnnn12. The van der Waals surface area contributed by atoms with E-state index in [0.29, 0.717) is 18.7 Å². The lowest BCUT2D eigenvalue weighted by Crippen LogP contribution is -2.15. The van der Waals surface area contributed by atoms with Crippen LogP contribution in [0.3, 0.4) is 0 Å². The number of hydrogen-bond acceptors (Lipinski definition) is 6. The summed E-state index contributed by atoms with van der Waals surface area (Å²) in [6, 6.07) is 0. The summed E-state index contributed by atoms with van der Waals surface area (Å²) in [4.78, 5) is 3.97. The van der Waals surface area contributed by atoms with Gasteiger partial charge < -0.3 is 11.1 Å². The first kappa shape index (κ1) is 7.87. The fourth-order valence-electron chi connectivity index (χ4n) is 0.996. The fourth-order valence-corrected chi connectivity index (χ4v) is 0.996. The lowest BCUT2D eigenvalue weighted by atomic mass is 10.6. The van der Waals surface area contributed by atoms with Gasteiger partial charge in [0.15, 0.2) is 5.65 Å². The van der Waals surface area contributed by atoms with Gasteiger partial charge in [-0.2, -0.15) is 4.52 Å². The van der Waals surface area contributed by atoms with Gasteiger partial charge in [-0.05, 0) is 10.4 Å². The Morgan fingerprint density at radius 1 is 1.46 bits per heavy atom. The standard InChI is InChI=1S/C6H9N7/c7-1-2-9-5-3-8-4-6-10-11-12-13(5)6/h3-4,9H,1-2,7H2. The van der Waals surface area contributed by atoms with Gasteiger partial charge in [-0.3, -0.25) is 4.98 Å². The first-order chi connectivity index (χ1) is 6.42. The van der Waals surface area contributed by atoms with Gasteiger partial charge >= 0.3 is 0 Å². The molecule has 2 aromatic rings. The molecule has 0 saturated carbocycles. The van der Waals surface area contributed by atoms with Crippen molar-refractivity contribution in [2.45, 2.75) is 0 Å². The van der Waals surface area contributed by atoms with Crippen LogP contribution in [-0.4, -0.2) is 38.1 Å². The Balaban J connectivity index is 2.37. The molecule has 3 N–H and O–H groups in total. The molecule has 0 aromatic carbocycles. The zero-order valence-corrected chi connectivity index (χ0v) is 6.88. The van der Waals surface area contributed by atoms with Gasteiger partial charge in [-0.15, -0.1) is 5.10 Å². The zero-order valence-electron chi connectivity index (χ0n) is 6.88. The third-order valence-corrected chi connectivity index (χ3v) is 1.56. The summed E-state index contributed by atoms with van der Waals surface area (Å²) in [5, 5.41) is 14.1. The van der Waals surface area contributed by atoms with Crippen LogP contribution in [0.25, 0.3) is 5.65 Å². The molecule has 0 aliphatic heterocycles. The van der Waals surface area contributed by atoms with Crippen LogP contribution in [0.5, 0.6) is 0 Å². The van der Waals surface area contributed by atoms with E-state index >= 15 is 0 Å². The maximum Gasteiger partial charge on any atom is 0.199 e. The van der Waals surface area contributed by atoms with Crippen LogP contribution < -0.4 is 11.1 Å². The molecule has 2 heterocycles. The summed E-state index contributed by atoms with van der Waals surface area (Å²) in [5.74, 6) is 0.743. The van der Waals surface area contributed by atoms with Crippen LogP contribution in [0.1, 0.15) is 0 Å². The van der Waals surface area contributed by atoms with Gasteiger partial charge in [0.2, 0.25) is 0 Å². The normalized spacial score (nSPS) is 10.5. The average molecular weight is 179 g/mol.